The fraction of sp³-hybridized carbons (Fsp3) is 0.636. The predicted molar refractivity (Wildman–Crippen MR) is 58.8 cm³/mol. The lowest BCUT2D eigenvalue weighted by atomic mass is 9.89. The molecule has 0 spiro atoms. The Kier molecular flexibility index (Phi) is 3.16. The van der Waals surface area contributed by atoms with Crippen LogP contribution in [0.3, 0.4) is 0 Å². The van der Waals surface area contributed by atoms with E-state index in [0.29, 0.717) is 12.1 Å². The minimum absolute atomic E-state index is 0.436. The third-order valence-corrected chi connectivity index (χ3v) is 2.65. The number of aryl methyl sites for hydroxylation is 1. The van der Waals surface area contributed by atoms with E-state index in [1.54, 1.807) is 0 Å². The number of nitrogens with zero attached hydrogens (tertiary/aromatic N) is 2. The van der Waals surface area contributed by atoms with E-state index < -0.39 is 0 Å². The molecule has 0 radical (unpaired) electrons. The molecule has 0 saturated heterocycles. The zero-order valence-corrected chi connectivity index (χ0v) is 9.23. The Morgan fingerprint density at radius 2 is 2.20 bits per heavy atom. The molecular formula is C11H17N3O. The van der Waals surface area contributed by atoms with Crippen LogP contribution >= 0.6 is 0 Å². The van der Waals surface area contributed by atoms with E-state index in [1.165, 1.54) is 0 Å². The van der Waals surface area contributed by atoms with E-state index in [4.69, 9.17) is 4.74 Å². The monoisotopic (exact) mass is 207 g/mol. The first-order valence-corrected chi connectivity index (χ1v) is 5.46. The number of aromatic nitrogens is 2. The molecule has 1 heterocycles. The normalized spacial score (nSPS) is 24.7. The van der Waals surface area contributed by atoms with E-state index in [0.717, 1.165) is 31.0 Å². The van der Waals surface area contributed by atoms with Crippen LogP contribution in [0.15, 0.2) is 12.1 Å². The van der Waals surface area contributed by atoms with Gasteiger partial charge in [0.15, 0.2) is 0 Å². The fourth-order valence-electron chi connectivity index (χ4n) is 1.74. The summed E-state index contributed by atoms with van der Waals surface area (Å²) in [4.78, 5) is 0. The SMILES string of the molecule is CCOC1CC(Nc2ccc(C)nn2)C1. The van der Waals surface area contributed by atoms with E-state index in [9.17, 15) is 0 Å². The van der Waals surface area contributed by atoms with E-state index in [2.05, 4.69) is 15.5 Å². The number of hydrogen-bond donors (Lipinski definition) is 1. The highest BCUT2D eigenvalue weighted by molar-refractivity contribution is 5.35. The molecule has 0 bridgehead atoms. The molecule has 4 nitrogen and oxygen atoms in total. The highest BCUT2D eigenvalue weighted by Crippen LogP contribution is 2.25. The van der Waals surface area contributed by atoms with Gasteiger partial charge in [-0.1, -0.05) is 0 Å². The molecule has 0 amide bonds. The molecule has 1 aliphatic carbocycles. The predicted octanol–water partition coefficient (Wildman–Crippen LogP) is 1.76. The maximum atomic E-state index is 5.49. The van der Waals surface area contributed by atoms with Gasteiger partial charge in [0.1, 0.15) is 5.82 Å². The quantitative estimate of drug-likeness (QED) is 0.817. The third kappa shape index (κ3) is 2.65. The van der Waals surface area contributed by atoms with E-state index in [1.807, 2.05) is 26.0 Å². The lowest BCUT2D eigenvalue weighted by Gasteiger charge is -2.35. The third-order valence-electron chi connectivity index (χ3n) is 2.65. The molecule has 0 aliphatic heterocycles. The molecule has 1 fully saturated rings. The molecule has 2 rings (SSSR count). The first-order valence-electron chi connectivity index (χ1n) is 5.46. The Balaban J connectivity index is 1.77. The molecule has 0 aromatic carbocycles. The zero-order valence-electron chi connectivity index (χ0n) is 9.23. The highest BCUT2D eigenvalue weighted by Gasteiger charge is 2.29. The second-order valence-corrected chi connectivity index (χ2v) is 3.95. The van der Waals surface area contributed by atoms with Gasteiger partial charge >= 0.3 is 0 Å². The van der Waals surface area contributed by atoms with Crippen molar-refractivity contribution in [1.82, 2.24) is 10.2 Å². The standard InChI is InChI=1S/C11H17N3O/c1-3-15-10-6-9(7-10)12-11-5-4-8(2)13-14-11/h4-5,9-10H,3,6-7H2,1-2H3,(H,12,14). The van der Waals surface area contributed by atoms with E-state index >= 15 is 0 Å². The van der Waals surface area contributed by atoms with Crippen molar-refractivity contribution in [2.45, 2.75) is 38.8 Å². The molecule has 0 atom stereocenters. The first-order chi connectivity index (χ1) is 7.28. The summed E-state index contributed by atoms with van der Waals surface area (Å²) in [6.07, 6.45) is 2.58. The minimum Gasteiger partial charge on any atom is -0.378 e. The summed E-state index contributed by atoms with van der Waals surface area (Å²) in [5.74, 6) is 0.862. The van der Waals surface area contributed by atoms with Crippen LogP contribution in [-0.4, -0.2) is 29.0 Å². The number of anilines is 1. The lowest BCUT2D eigenvalue weighted by Crippen LogP contribution is -2.41. The Bertz CT molecular complexity index is 306. The maximum absolute atomic E-state index is 5.49. The van der Waals surface area contributed by atoms with Crippen LogP contribution in [-0.2, 0) is 4.74 Å². The van der Waals surface area contributed by atoms with Crippen molar-refractivity contribution in [1.29, 1.82) is 0 Å². The Morgan fingerprint density at radius 3 is 2.80 bits per heavy atom. The molecule has 1 saturated carbocycles. The van der Waals surface area contributed by atoms with Crippen molar-refractivity contribution in [3.8, 4) is 0 Å². The summed E-state index contributed by atoms with van der Waals surface area (Å²) in [5, 5.41) is 11.4. The molecule has 1 aromatic heterocycles. The van der Waals surface area contributed by atoms with Crippen LogP contribution in [0.1, 0.15) is 25.5 Å². The largest absolute Gasteiger partial charge is 0.378 e. The zero-order chi connectivity index (χ0) is 10.7. The van der Waals surface area contributed by atoms with Gasteiger partial charge in [0, 0.05) is 12.6 Å². The second kappa shape index (κ2) is 4.57. The number of ether oxygens (including phenoxy) is 1. The molecule has 4 heteroatoms. The van der Waals surface area contributed by atoms with Crippen molar-refractivity contribution in [2.24, 2.45) is 0 Å². The summed E-state index contributed by atoms with van der Waals surface area (Å²) in [7, 11) is 0. The van der Waals surface area contributed by atoms with Gasteiger partial charge in [-0.3, -0.25) is 0 Å². The van der Waals surface area contributed by atoms with Crippen LogP contribution in [0.2, 0.25) is 0 Å². The van der Waals surface area contributed by atoms with Gasteiger partial charge in [-0.05, 0) is 38.8 Å². The minimum atomic E-state index is 0.436. The number of nitrogens with one attached hydrogen (secondary N) is 1. The van der Waals surface area contributed by atoms with E-state index in [-0.39, 0.29) is 0 Å². The second-order valence-electron chi connectivity index (χ2n) is 3.95. The average Bonchev–Trinajstić information content (AvgIpc) is 2.18. The number of rotatable bonds is 4. The van der Waals surface area contributed by atoms with Crippen LogP contribution in [0, 0.1) is 6.92 Å². The summed E-state index contributed by atoms with van der Waals surface area (Å²) >= 11 is 0. The Morgan fingerprint density at radius 1 is 1.40 bits per heavy atom. The average molecular weight is 207 g/mol. The van der Waals surface area contributed by atoms with Crippen LogP contribution in [0.4, 0.5) is 5.82 Å². The van der Waals surface area contributed by atoms with Gasteiger partial charge in [0.25, 0.3) is 0 Å². The summed E-state index contributed by atoms with van der Waals surface area (Å²) < 4.78 is 5.49. The molecule has 1 aliphatic rings. The van der Waals surface area contributed by atoms with Crippen molar-refractivity contribution in [3.63, 3.8) is 0 Å². The summed E-state index contributed by atoms with van der Waals surface area (Å²) in [6.45, 7) is 4.78. The highest BCUT2D eigenvalue weighted by atomic mass is 16.5. The van der Waals surface area contributed by atoms with Crippen LogP contribution in [0.25, 0.3) is 0 Å². The van der Waals surface area contributed by atoms with Crippen LogP contribution in [0.5, 0.6) is 0 Å². The van der Waals surface area contributed by atoms with Crippen LogP contribution < -0.4 is 5.32 Å². The van der Waals surface area contributed by atoms with Crippen molar-refractivity contribution >= 4 is 5.82 Å². The lowest BCUT2D eigenvalue weighted by molar-refractivity contribution is 0.00291. The fourth-order valence-corrected chi connectivity index (χ4v) is 1.74. The summed E-state index contributed by atoms with van der Waals surface area (Å²) in [6, 6.07) is 4.43. The Labute approximate surface area is 90.1 Å². The maximum Gasteiger partial charge on any atom is 0.148 e. The molecule has 1 N–H and O–H groups in total. The topological polar surface area (TPSA) is 47.0 Å². The van der Waals surface area contributed by atoms with Gasteiger partial charge in [0.2, 0.25) is 0 Å². The summed E-state index contributed by atoms with van der Waals surface area (Å²) in [5.41, 5.74) is 0.946. The molecular weight excluding hydrogens is 190 g/mol. The van der Waals surface area contributed by atoms with Crippen molar-refractivity contribution in [2.75, 3.05) is 11.9 Å². The number of hydrogen-bond acceptors (Lipinski definition) is 4. The van der Waals surface area contributed by atoms with Gasteiger partial charge in [-0.15, -0.1) is 5.10 Å². The van der Waals surface area contributed by atoms with Gasteiger partial charge in [-0.2, -0.15) is 5.10 Å². The molecule has 15 heavy (non-hydrogen) atoms. The molecule has 0 unspecified atom stereocenters. The Hall–Kier alpha value is -1.16. The van der Waals surface area contributed by atoms with Gasteiger partial charge in [0.05, 0.1) is 11.8 Å². The molecule has 82 valence electrons. The molecule has 1 aromatic rings. The van der Waals surface area contributed by atoms with Crippen molar-refractivity contribution in [3.05, 3.63) is 17.8 Å². The van der Waals surface area contributed by atoms with Gasteiger partial charge < -0.3 is 10.1 Å². The van der Waals surface area contributed by atoms with Crippen molar-refractivity contribution < 1.29 is 4.74 Å². The van der Waals surface area contributed by atoms with Gasteiger partial charge in [-0.25, -0.2) is 0 Å². The smallest absolute Gasteiger partial charge is 0.148 e. The first kappa shape index (κ1) is 10.4.